The lowest BCUT2D eigenvalue weighted by atomic mass is 9.84. The molecule has 29 heavy (non-hydrogen) atoms. The van der Waals surface area contributed by atoms with Crippen molar-refractivity contribution < 1.29 is 19.4 Å². The van der Waals surface area contributed by atoms with Crippen LogP contribution < -0.4 is 5.32 Å². The van der Waals surface area contributed by atoms with E-state index >= 15 is 0 Å². The molecular formula is C21H15FN4O3. The van der Waals surface area contributed by atoms with Gasteiger partial charge in [0.1, 0.15) is 16.9 Å². The Bertz CT molecular complexity index is 1270. The zero-order chi connectivity index (χ0) is 20.1. The fourth-order valence-corrected chi connectivity index (χ4v) is 3.68. The lowest BCUT2D eigenvalue weighted by Crippen LogP contribution is -2.23. The predicted octanol–water partition coefficient (Wildman–Crippen LogP) is 3.44. The van der Waals surface area contributed by atoms with Gasteiger partial charge in [0.25, 0.3) is 0 Å². The Hall–Kier alpha value is -3.94. The maximum atomic E-state index is 13.2. The Morgan fingerprint density at radius 1 is 1.00 bits per heavy atom. The Kier molecular flexibility index (Phi) is 3.73. The van der Waals surface area contributed by atoms with Gasteiger partial charge in [-0.3, -0.25) is 4.79 Å². The number of benzene rings is 3. The summed E-state index contributed by atoms with van der Waals surface area (Å²) in [6.07, 6.45) is 0.166. The van der Waals surface area contributed by atoms with E-state index in [0.717, 1.165) is 5.56 Å². The molecule has 0 aliphatic carbocycles. The highest BCUT2D eigenvalue weighted by Crippen LogP contribution is 2.42. The molecule has 4 aromatic rings. The van der Waals surface area contributed by atoms with E-state index in [9.17, 15) is 19.4 Å². The van der Waals surface area contributed by atoms with Crippen molar-refractivity contribution in [2.45, 2.75) is 12.3 Å². The van der Waals surface area contributed by atoms with Crippen LogP contribution in [0.15, 0.2) is 54.6 Å². The number of amides is 1. The Morgan fingerprint density at radius 2 is 1.79 bits per heavy atom. The first-order valence-corrected chi connectivity index (χ1v) is 8.97. The minimum absolute atomic E-state index is 0.152. The molecule has 5 rings (SSSR count). The molecule has 1 aliphatic heterocycles. The van der Waals surface area contributed by atoms with E-state index in [1.165, 1.54) is 29.1 Å². The maximum Gasteiger partial charge on any atom is 0.225 e. The zero-order valence-corrected chi connectivity index (χ0v) is 15.0. The average Bonchev–Trinajstić information content (AvgIpc) is 3.14. The standard InChI is InChI=1S/C21H15FN4O3/c22-12-2-4-13(5-3-12)26-24-16-7-6-15-20(21(16)25-26)14(10-19(29)23-15)11-1-8-17(27)18(28)9-11/h1-9,14,27-28H,10H2,(H,23,29)/t14-/m1/s1. The summed E-state index contributed by atoms with van der Waals surface area (Å²) in [7, 11) is 0. The van der Waals surface area contributed by atoms with E-state index in [1.54, 1.807) is 30.3 Å². The normalized spacial score (nSPS) is 15.9. The van der Waals surface area contributed by atoms with E-state index in [1.807, 2.05) is 0 Å². The monoisotopic (exact) mass is 390 g/mol. The van der Waals surface area contributed by atoms with Crippen LogP contribution in [0.1, 0.15) is 23.5 Å². The summed E-state index contributed by atoms with van der Waals surface area (Å²) in [5.41, 5.74) is 3.91. The number of anilines is 1. The van der Waals surface area contributed by atoms with Crippen LogP contribution in [0.2, 0.25) is 0 Å². The average molecular weight is 390 g/mol. The number of carbonyl (C=O) groups excluding carboxylic acids is 1. The van der Waals surface area contributed by atoms with E-state index in [-0.39, 0.29) is 35.6 Å². The second-order valence-electron chi connectivity index (χ2n) is 6.91. The number of aromatic nitrogens is 3. The highest BCUT2D eigenvalue weighted by atomic mass is 19.1. The number of nitrogens with zero attached hydrogens (tertiary/aromatic N) is 3. The van der Waals surface area contributed by atoms with Crippen LogP contribution in [0.5, 0.6) is 11.5 Å². The van der Waals surface area contributed by atoms with Crippen LogP contribution >= 0.6 is 0 Å². The molecule has 0 saturated carbocycles. The second-order valence-corrected chi connectivity index (χ2v) is 6.91. The van der Waals surface area contributed by atoms with E-state index in [0.29, 0.717) is 28.0 Å². The number of hydrogen-bond acceptors (Lipinski definition) is 5. The number of phenols is 2. The molecule has 2 heterocycles. The largest absolute Gasteiger partial charge is 0.504 e. The number of carbonyl (C=O) groups is 1. The van der Waals surface area contributed by atoms with Crippen LogP contribution in [-0.4, -0.2) is 31.1 Å². The van der Waals surface area contributed by atoms with Gasteiger partial charge in [-0.1, -0.05) is 6.07 Å². The molecule has 8 heteroatoms. The molecule has 1 aromatic heterocycles. The van der Waals surface area contributed by atoms with Crippen molar-refractivity contribution >= 4 is 22.6 Å². The van der Waals surface area contributed by atoms with Gasteiger partial charge < -0.3 is 15.5 Å². The quantitative estimate of drug-likeness (QED) is 0.455. The van der Waals surface area contributed by atoms with Crippen LogP contribution in [0.25, 0.3) is 16.7 Å². The Morgan fingerprint density at radius 3 is 2.55 bits per heavy atom. The lowest BCUT2D eigenvalue weighted by molar-refractivity contribution is -0.116. The van der Waals surface area contributed by atoms with Crippen molar-refractivity contribution in [2.24, 2.45) is 0 Å². The van der Waals surface area contributed by atoms with Gasteiger partial charge in [0, 0.05) is 23.6 Å². The molecule has 3 aromatic carbocycles. The van der Waals surface area contributed by atoms with Gasteiger partial charge in [-0.2, -0.15) is 4.80 Å². The molecule has 1 atom stereocenters. The van der Waals surface area contributed by atoms with Crippen molar-refractivity contribution in [1.29, 1.82) is 0 Å². The SMILES string of the molecule is O=C1C[C@H](c2ccc(O)c(O)c2)c2c(ccc3nn(-c4ccc(F)cc4)nc23)N1. The van der Waals surface area contributed by atoms with Crippen LogP contribution in [0, 0.1) is 5.82 Å². The van der Waals surface area contributed by atoms with Gasteiger partial charge in [-0.15, -0.1) is 10.2 Å². The molecule has 0 radical (unpaired) electrons. The van der Waals surface area contributed by atoms with Gasteiger partial charge in [0.05, 0.1) is 5.69 Å². The van der Waals surface area contributed by atoms with E-state index in [4.69, 9.17) is 0 Å². The summed E-state index contributed by atoms with van der Waals surface area (Å²) >= 11 is 0. The topological polar surface area (TPSA) is 100 Å². The highest BCUT2D eigenvalue weighted by molar-refractivity contribution is 5.99. The minimum Gasteiger partial charge on any atom is -0.504 e. The number of rotatable bonds is 2. The smallest absolute Gasteiger partial charge is 0.225 e. The summed E-state index contributed by atoms with van der Waals surface area (Å²) in [6.45, 7) is 0. The van der Waals surface area contributed by atoms with Crippen LogP contribution in [0.3, 0.4) is 0 Å². The second kappa shape index (κ2) is 6.30. The number of aromatic hydroxyl groups is 2. The fourth-order valence-electron chi connectivity index (χ4n) is 3.68. The molecule has 0 bridgehead atoms. The van der Waals surface area contributed by atoms with Crippen molar-refractivity contribution in [3.8, 4) is 17.2 Å². The molecule has 0 spiro atoms. The number of fused-ring (bicyclic) bond motifs is 3. The Balaban J connectivity index is 1.70. The molecule has 0 saturated heterocycles. The highest BCUT2D eigenvalue weighted by Gasteiger charge is 2.30. The van der Waals surface area contributed by atoms with Crippen LogP contribution in [0.4, 0.5) is 10.1 Å². The molecule has 3 N–H and O–H groups in total. The summed E-state index contributed by atoms with van der Waals surface area (Å²) < 4.78 is 13.2. The maximum absolute atomic E-state index is 13.2. The molecule has 0 fully saturated rings. The minimum atomic E-state index is -0.368. The van der Waals surface area contributed by atoms with E-state index in [2.05, 4.69) is 15.5 Å². The first kappa shape index (κ1) is 17.2. The van der Waals surface area contributed by atoms with Gasteiger partial charge in [-0.25, -0.2) is 4.39 Å². The summed E-state index contributed by atoms with van der Waals surface area (Å²) in [5, 5.41) is 31.5. The van der Waals surface area contributed by atoms with Crippen molar-refractivity contribution in [2.75, 3.05) is 5.32 Å². The Labute approximate surface area is 164 Å². The number of hydrogen-bond donors (Lipinski definition) is 3. The van der Waals surface area contributed by atoms with Gasteiger partial charge in [0.15, 0.2) is 11.5 Å². The number of nitrogens with one attached hydrogen (secondary N) is 1. The fraction of sp³-hybridized carbons (Fsp3) is 0.0952. The van der Waals surface area contributed by atoms with Gasteiger partial charge in [0.2, 0.25) is 5.91 Å². The zero-order valence-electron chi connectivity index (χ0n) is 15.0. The molecule has 7 nitrogen and oxygen atoms in total. The first-order valence-electron chi connectivity index (χ1n) is 8.97. The van der Waals surface area contributed by atoms with Crippen molar-refractivity contribution in [1.82, 2.24) is 15.0 Å². The number of halogens is 1. The molecule has 144 valence electrons. The summed E-state index contributed by atoms with van der Waals surface area (Å²) in [5.74, 6) is -1.35. The number of phenolic OH excluding ortho intramolecular Hbond substituents is 2. The third kappa shape index (κ3) is 2.85. The summed E-state index contributed by atoms with van der Waals surface area (Å²) in [6, 6.07) is 13.9. The van der Waals surface area contributed by atoms with Gasteiger partial charge in [-0.05, 0) is 54.1 Å². The molecule has 1 amide bonds. The van der Waals surface area contributed by atoms with Crippen molar-refractivity contribution in [3.63, 3.8) is 0 Å². The lowest BCUT2D eigenvalue weighted by Gasteiger charge is -2.26. The van der Waals surface area contributed by atoms with E-state index < -0.39 is 0 Å². The molecule has 0 unspecified atom stereocenters. The first-order chi connectivity index (χ1) is 14.0. The van der Waals surface area contributed by atoms with Crippen LogP contribution in [-0.2, 0) is 4.79 Å². The van der Waals surface area contributed by atoms with Gasteiger partial charge >= 0.3 is 0 Å². The molecule has 1 aliphatic rings. The third-order valence-electron chi connectivity index (χ3n) is 5.06. The molecular weight excluding hydrogens is 375 g/mol. The predicted molar refractivity (Wildman–Crippen MR) is 104 cm³/mol. The van der Waals surface area contributed by atoms with Crippen molar-refractivity contribution in [3.05, 3.63) is 71.5 Å². The third-order valence-corrected chi connectivity index (χ3v) is 5.06. The summed E-state index contributed by atoms with van der Waals surface area (Å²) in [4.78, 5) is 13.7.